The van der Waals surface area contributed by atoms with E-state index in [1.807, 2.05) is 60.7 Å². The van der Waals surface area contributed by atoms with Gasteiger partial charge in [0.25, 0.3) is 0 Å². The van der Waals surface area contributed by atoms with E-state index in [-0.39, 0.29) is 5.91 Å². The van der Waals surface area contributed by atoms with Crippen molar-refractivity contribution in [1.82, 2.24) is 5.32 Å². The molecule has 0 bridgehead atoms. The van der Waals surface area contributed by atoms with E-state index in [9.17, 15) is 4.79 Å². The highest BCUT2D eigenvalue weighted by Crippen LogP contribution is 2.23. The molecule has 2 aromatic carbocycles. The fourth-order valence-electron chi connectivity index (χ4n) is 2.57. The molecule has 3 rings (SSSR count). The zero-order chi connectivity index (χ0) is 18.4. The van der Waals surface area contributed by atoms with Gasteiger partial charge in [-0.15, -0.1) is 0 Å². The zero-order valence-corrected chi connectivity index (χ0v) is 15.3. The van der Waals surface area contributed by atoms with Gasteiger partial charge >= 0.3 is 0 Å². The number of carbonyl (C=O) groups is 1. The summed E-state index contributed by atoms with van der Waals surface area (Å²) in [7, 11) is 1.63. The summed E-state index contributed by atoms with van der Waals surface area (Å²) < 4.78 is 10.9. The molecule has 0 fully saturated rings. The number of rotatable bonds is 7. The third-order valence-corrected chi connectivity index (χ3v) is 4.30. The van der Waals surface area contributed by atoms with Gasteiger partial charge in [0.1, 0.15) is 17.3 Å². The Labute approximate surface area is 157 Å². The number of amides is 1. The summed E-state index contributed by atoms with van der Waals surface area (Å²) in [4.78, 5) is 12.0. The van der Waals surface area contributed by atoms with Gasteiger partial charge in [-0.25, -0.2) is 0 Å². The van der Waals surface area contributed by atoms with Crippen LogP contribution >= 0.6 is 11.6 Å². The van der Waals surface area contributed by atoms with Gasteiger partial charge in [-0.05, 0) is 60.5 Å². The highest BCUT2D eigenvalue weighted by Gasteiger charge is 2.07. The zero-order valence-electron chi connectivity index (χ0n) is 14.5. The van der Waals surface area contributed by atoms with Gasteiger partial charge in [0, 0.05) is 17.0 Å². The quantitative estimate of drug-likeness (QED) is 0.647. The van der Waals surface area contributed by atoms with Crippen LogP contribution in [0.4, 0.5) is 0 Å². The van der Waals surface area contributed by atoms with Crippen LogP contribution in [0.1, 0.15) is 17.7 Å². The summed E-state index contributed by atoms with van der Waals surface area (Å²) in [5.41, 5.74) is 2.05. The van der Waals surface area contributed by atoms with E-state index in [1.165, 1.54) is 0 Å². The van der Waals surface area contributed by atoms with Gasteiger partial charge in [0.2, 0.25) is 5.91 Å². The number of nitrogens with one attached hydrogen (secondary N) is 1. The highest BCUT2D eigenvalue weighted by atomic mass is 35.5. The Morgan fingerprint density at radius 3 is 2.46 bits per heavy atom. The second-order valence-corrected chi connectivity index (χ2v) is 6.33. The molecule has 1 aromatic heterocycles. The summed E-state index contributed by atoms with van der Waals surface area (Å²) >= 11 is 5.89. The number of hydrogen-bond acceptors (Lipinski definition) is 3. The SMILES string of the molecule is COc1ccc(CCC(=O)NCc2ccc(-c3ccc(Cl)cc3)o2)cc1. The number of furan rings is 1. The lowest BCUT2D eigenvalue weighted by atomic mass is 10.1. The van der Waals surface area contributed by atoms with Crippen molar-refractivity contribution in [1.29, 1.82) is 0 Å². The Kier molecular flexibility index (Phi) is 5.97. The van der Waals surface area contributed by atoms with Gasteiger partial charge in [0.05, 0.1) is 13.7 Å². The number of carbonyl (C=O) groups excluding carboxylic acids is 1. The number of benzene rings is 2. The van der Waals surface area contributed by atoms with Crippen LogP contribution in [-0.2, 0) is 17.8 Å². The van der Waals surface area contributed by atoms with E-state index < -0.39 is 0 Å². The fraction of sp³-hybridized carbons (Fsp3) is 0.190. The van der Waals surface area contributed by atoms with Crippen LogP contribution in [0, 0.1) is 0 Å². The van der Waals surface area contributed by atoms with Gasteiger partial charge < -0.3 is 14.5 Å². The van der Waals surface area contributed by atoms with Crippen LogP contribution < -0.4 is 10.1 Å². The molecule has 0 aliphatic rings. The smallest absolute Gasteiger partial charge is 0.220 e. The van der Waals surface area contributed by atoms with Crippen molar-refractivity contribution in [3.05, 3.63) is 77.0 Å². The topological polar surface area (TPSA) is 51.5 Å². The first-order valence-corrected chi connectivity index (χ1v) is 8.76. The number of aryl methyl sites for hydroxylation is 1. The van der Waals surface area contributed by atoms with E-state index in [2.05, 4.69) is 5.32 Å². The van der Waals surface area contributed by atoms with Crippen LogP contribution in [0.5, 0.6) is 5.75 Å². The molecule has 1 amide bonds. The molecule has 3 aromatic rings. The molecule has 4 nitrogen and oxygen atoms in total. The number of ether oxygens (including phenoxy) is 1. The summed E-state index contributed by atoms with van der Waals surface area (Å²) in [5, 5.41) is 3.57. The van der Waals surface area contributed by atoms with Crippen molar-refractivity contribution in [3.8, 4) is 17.1 Å². The van der Waals surface area contributed by atoms with Crippen molar-refractivity contribution in [2.24, 2.45) is 0 Å². The summed E-state index contributed by atoms with van der Waals surface area (Å²) in [6, 6.07) is 18.9. The average Bonchev–Trinajstić information content (AvgIpc) is 3.14. The second kappa shape index (κ2) is 8.59. The molecule has 0 saturated carbocycles. The predicted octanol–water partition coefficient (Wildman–Crippen LogP) is 4.86. The molecule has 1 N–H and O–H groups in total. The molecule has 0 aliphatic heterocycles. The third kappa shape index (κ3) is 4.90. The van der Waals surface area contributed by atoms with Crippen molar-refractivity contribution in [3.63, 3.8) is 0 Å². The molecule has 0 saturated heterocycles. The Balaban J connectivity index is 1.47. The molecule has 0 radical (unpaired) electrons. The average molecular weight is 370 g/mol. The van der Waals surface area contributed by atoms with E-state index >= 15 is 0 Å². The number of hydrogen-bond donors (Lipinski definition) is 1. The van der Waals surface area contributed by atoms with Crippen molar-refractivity contribution in [2.75, 3.05) is 7.11 Å². The maximum atomic E-state index is 12.0. The second-order valence-electron chi connectivity index (χ2n) is 5.90. The minimum Gasteiger partial charge on any atom is -0.497 e. The molecule has 26 heavy (non-hydrogen) atoms. The Morgan fingerprint density at radius 1 is 1.04 bits per heavy atom. The molecular weight excluding hydrogens is 350 g/mol. The Morgan fingerprint density at radius 2 is 1.77 bits per heavy atom. The molecule has 0 atom stereocenters. The molecule has 0 aliphatic carbocycles. The molecule has 1 heterocycles. The lowest BCUT2D eigenvalue weighted by molar-refractivity contribution is -0.121. The fourth-order valence-corrected chi connectivity index (χ4v) is 2.69. The number of methoxy groups -OCH3 is 1. The largest absolute Gasteiger partial charge is 0.497 e. The van der Waals surface area contributed by atoms with E-state index in [0.717, 1.165) is 22.6 Å². The summed E-state index contributed by atoms with van der Waals surface area (Å²) in [6.07, 6.45) is 1.11. The van der Waals surface area contributed by atoms with E-state index in [0.29, 0.717) is 30.2 Å². The summed E-state index contributed by atoms with van der Waals surface area (Å²) in [6.45, 7) is 0.370. The maximum absolute atomic E-state index is 12.0. The predicted molar refractivity (Wildman–Crippen MR) is 102 cm³/mol. The Hall–Kier alpha value is -2.72. The lowest BCUT2D eigenvalue weighted by Gasteiger charge is -2.05. The van der Waals surface area contributed by atoms with Gasteiger partial charge in [-0.3, -0.25) is 4.79 Å². The van der Waals surface area contributed by atoms with Crippen molar-refractivity contribution in [2.45, 2.75) is 19.4 Å². The Bertz CT molecular complexity index is 854. The first kappa shape index (κ1) is 18.1. The van der Waals surface area contributed by atoms with Crippen LogP contribution in [0.2, 0.25) is 5.02 Å². The van der Waals surface area contributed by atoms with Crippen LogP contribution in [0.3, 0.4) is 0 Å². The van der Waals surface area contributed by atoms with Crippen molar-refractivity contribution < 1.29 is 13.9 Å². The molecular formula is C21H20ClNO3. The minimum atomic E-state index is -0.00902. The minimum absolute atomic E-state index is 0.00902. The summed E-state index contributed by atoms with van der Waals surface area (Å²) in [5.74, 6) is 2.27. The normalized spacial score (nSPS) is 10.5. The molecule has 134 valence electrons. The van der Waals surface area contributed by atoms with Crippen LogP contribution in [0.15, 0.2) is 65.1 Å². The van der Waals surface area contributed by atoms with Gasteiger partial charge in [-0.2, -0.15) is 0 Å². The first-order chi connectivity index (χ1) is 12.6. The monoisotopic (exact) mass is 369 g/mol. The molecule has 5 heteroatoms. The highest BCUT2D eigenvalue weighted by molar-refractivity contribution is 6.30. The third-order valence-electron chi connectivity index (χ3n) is 4.05. The maximum Gasteiger partial charge on any atom is 0.220 e. The van der Waals surface area contributed by atoms with Gasteiger partial charge in [-0.1, -0.05) is 23.7 Å². The number of halogens is 1. The standard InChI is InChI=1S/C21H20ClNO3/c1-25-18-9-2-15(3-10-18)4-13-21(24)23-14-19-11-12-20(26-19)16-5-7-17(22)8-6-16/h2-3,5-12H,4,13-14H2,1H3,(H,23,24). The molecule has 0 spiro atoms. The lowest BCUT2D eigenvalue weighted by Crippen LogP contribution is -2.22. The van der Waals surface area contributed by atoms with E-state index in [4.69, 9.17) is 20.8 Å². The van der Waals surface area contributed by atoms with Crippen molar-refractivity contribution >= 4 is 17.5 Å². The van der Waals surface area contributed by atoms with Crippen LogP contribution in [0.25, 0.3) is 11.3 Å². The molecule has 0 unspecified atom stereocenters. The van der Waals surface area contributed by atoms with E-state index in [1.54, 1.807) is 7.11 Å². The van der Waals surface area contributed by atoms with Gasteiger partial charge in [0.15, 0.2) is 0 Å². The first-order valence-electron chi connectivity index (χ1n) is 8.38. The van der Waals surface area contributed by atoms with Crippen LogP contribution in [-0.4, -0.2) is 13.0 Å².